The lowest BCUT2D eigenvalue weighted by molar-refractivity contribution is -0.275. The van der Waals surface area contributed by atoms with E-state index in [1.807, 2.05) is 12.1 Å². The van der Waals surface area contributed by atoms with Gasteiger partial charge in [0.15, 0.2) is 0 Å². The first kappa shape index (κ1) is 15.3. The fraction of sp³-hybridized carbons (Fsp3) is 0.267. The zero-order valence-electron chi connectivity index (χ0n) is 11.2. The van der Waals surface area contributed by atoms with Crippen molar-refractivity contribution in [1.82, 2.24) is 4.98 Å². The van der Waals surface area contributed by atoms with Gasteiger partial charge in [-0.25, -0.2) is 0 Å². The largest absolute Gasteiger partial charge is 0.573 e. The molecule has 3 nitrogen and oxygen atoms in total. The van der Waals surface area contributed by atoms with Crippen molar-refractivity contribution in [3.63, 3.8) is 0 Å². The summed E-state index contributed by atoms with van der Waals surface area (Å²) < 4.78 is 41.1. The van der Waals surface area contributed by atoms with Gasteiger partial charge in [0.25, 0.3) is 0 Å². The Balaban J connectivity index is 2.07. The monoisotopic (exact) mass is 296 g/mol. The molecule has 6 heteroatoms. The molecule has 0 fully saturated rings. The van der Waals surface area contributed by atoms with Crippen molar-refractivity contribution in [3.8, 4) is 5.75 Å². The van der Waals surface area contributed by atoms with Crippen LogP contribution in [0.25, 0.3) is 0 Å². The minimum absolute atomic E-state index is 0.243. The van der Waals surface area contributed by atoms with Gasteiger partial charge >= 0.3 is 6.36 Å². The van der Waals surface area contributed by atoms with Gasteiger partial charge in [0.2, 0.25) is 0 Å². The molecule has 0 amide bonds. The maximum absolute atomic E-state index is 12.4. The van der Waals surface area contributed by atoms with Crippen molar-refractivity contribution in [2.45, 2.75) is 25.2 Å². The third-order valence-electron chi connectivity index (χ3n) is 3.04. The molecular formula is C15H15F3N2O. The number of alkyl halides is 3. The SMILES string of the molecule is NC(CCc1ccncc1)c1ccccc1OC(F)(F)F. The number of para-hydroxylation sites is 1. The lowest BCUT2D eigenvalue weighted by Crippen LogP contribution is -2.20. The third kappa shape index (κ3) is 4.75. The van der Waals surface area contributed by atoms with Gasteiger partial charge in [-0.3, -0.25) is 4.98 Å². The van der Waals surface area contributed by atoms with Crippen molar-refractivity contribution in [1.29, 1.82) is 0 Å². The summed E-state index contributed by atoms with van der Waals surface area (Å²) in [7, 11) is 0. The highest BCUT2D eigenvalue weighted by Gasteiger charge is 2.32. The quantitative estimate of drug-likeness (QED) is 0.917. The molecule has 0 spiro atoms. The predicted molar refractivity (Wildman–Crippen MR) is 72.6 cm³/mol. The smallest absolute Gasteiger partial charge is 0.405 e. The Morgan fingerprint density at radius 1 is 1.10 bits per heavy atom. The van der Waals surface area contributed by atoms with Gasteiger partial charge in [0.05, 0.1) is 0 Å². The van der Waals surface area contributed by atoms with Crippen LogP contribution in [0, 0.1) is 0 Å². The van der Waals surface area contributed by atoms with E-state index in [0.29, 0.717) is 18.4 Å². The molecule has 0 aliphatic carbocycles. The molecule has 2 N–H and O–H groups in total. The van der Waals surface area contributed by atoms with Crippen LogP contribution in [0.4, 0.5) is 13.2 Å². The number of pyridine rings is 1. The highest BCUT2D eigenvalue weighted by atomic mass is 19.4. The zero-order chi connectivity index (χ0) is 15.3. The maximum atomic E-state index is 12.4. The molecule has 1 aromatic carbocycles. The number of rotatable bonds is 5. The Hall–Kier alpha value is -2.08. The van der Waals surface area contributed by atoms with Crippen molar-refractivity contribution in [2.75, 3.05) is 0 Å². The fourth-order valence-corrected chi connectivity index (χ4v) is 2.03. The van der Waals surface area contributed by atoms with E-state index in [-0.39, 0.29) is 5.75 Å². The van der Waals surface area contributed by atoms with Gasteiger partial charge in [-0.2, -0.15) is 0 Å². The summed E-state index contributed by atoms with van der Waals surface area (Å²) in [5.41, 5.74) is 7.39. The molecule has 0 saturated heterocycles. The Kier molecular flexibility index (Phi) is 4.80. The van der Waals surface area contributed by atoms with Gasteiger partial charge in [-0.1, -0.05) is 18.2 Å². The van der Waals surface area contributed by atoms with Crippen LogP contribution in [0.2, 0.25) is 0 Å². The minimum Gasteiger partial charge on any atom is -0.405 e. The Labute approximate surface area is 120 Å². The molecule has 1 heterocycles. The minimum atomic E-state index is -4.72. The maximum Gasteiger partial charge on any atom is 0.573 e. The molecule has 1 unspecified atom stereocenters. The second kappa shape index (κ2) is 6.58. The number of aryl methyl sites for hydroxylation is 1. The van der Waals surface area contributed by atoms with E-state index in [9.17, 15) is 13.2 Å². The molecule has 21 heavy (non-hydrogen) atoms. The molecule has 2 rings (SSSR count). The van der Waals surface area contributed by atoms with Crippen LogP contribution in [-0.4, -0.2) is 11.3 Å². The summed E-state index contributed by atoms with van der Waals surface area (Å²) in [5, 5.41) is 0. The van der Waals surface area contributed by atoms with E-state index in [1.165, 1.54) is 12.1 Å². The zero-order valence-corrected chi connectivity index (χ0v) is 11.2. The van der Waals surface area contributed by atoms with Crippen LogP contribution >= 0.6 is 0 Å². The van der Waals surface area contributed by atoms with Crippen LogP contribution in [0.1, 0.15) is 23.6 Å². The van der Waals surface area contributed by atoms with Crippen LogP contribution in [0.5, 0.6) is 5.75 Å². The van der Waals surface area contributed by atoms with E-state index in [0.717, 1.165) is 5.56 Å². The van der Waals surface area contributed by atoms with Crippen LogP contribution in [-0.2, 0) is 6.42 Å². The molecule has 2 aromatic rings. The number of halogens is 3. The highest BCUT2D eigenvalue weighted by molar-refractivity contribution is 5.36. The van der Waals surface area contributed by atoms with E-state index in [4.69, 9.17) is 5.73 Å². The number of hydrogen-bond donors (Lipinski definition) is 1. The van der Waals surface area contributed by atoms with Crippen LogP contribution in [0.3, 0.4) is 0 Å². The Morgan fingerprint density at radius 3 is 2.43 bits per heavy atom. The summed E-state index contributed by atoms with van der Waals surface area (Å²) in [6.45, 7) is 0. The number of ether oxygens (including phenoxy) is 1. The normalized spacial score (nSPS) is 13.0. The standard InChI is InChI=1S/C15H15F3N2O/c16-15(17,18)21-14-4-2-1-3-12(14)13(19)6-5-11-7-9-20-10-8-11/h1-4,7-10,13H,5-6,19H2. The Morgan fingerprint density at radius 2 is 1.76 bits per heavy atom. The van der Waals surface area contributed by atoms with Gasteiger partial charge < -0.3 is 10.5 Å². The average Bonchev–Trinajstić information content (AvgIpc) is 2.45. The van der Waals surface area contributed by atoms with E-state index in [2.05, 4.69) is 9.72 Å². The second-order valence-corrected chi connectivity index (χ2v) is 4.59. The molecule has 0 bridgehead atoms. The molecule has 0 radical (unpaired) electrons. The molecular weight excluding hydrogens is 281 g/mol. The summed E-state index contributed by atoms with van der Waals surface area (Å²) in [5.74, 6) is -0.243. The number of nitrogens with zero attached hydrogens (tertiary/aromatic N) is 1. The number of nitrogens with two attached hydrogens (primary N) is 1. The molecule has 112 valence electrons. The van der Waals surface area contributed by atoms with Gasteiger partial charge in [-0.05, 0) is 36.6 Å². The first-order valence-corrected chi connectivity index (χ1v) is 6.45. The van der Waals surface area contributed by atoms with Gasteiger partial charge in [0, 0.05) is 24.0 Å². The second-order valence-electron chi connectivity index (χ2n) is 4.59. The van der Waals surface area contributed by atoms with Gasteiger partial charge in [-0.15, -0.1) is 13.2 Å². The summed E-state index contributed by atoms with van der Waals surface area (Å²) in [6.07, 6.45) is -0.212. The molecule has 0 saturated carbocycles. The molecule has 0 aliphatic heterocycles. The fourth-order valence-electron chi connectivity index (χ4n) is 2.03. The molecule has 0 aliphatic rings. The molecule has 1 aromatic heterocycles. The van der Waals surface area contributed by atoms with Crippen molar-refractivity contribution in [2.24, 2.45) is 5.73 Å². The Bertz CT molecular complexity index is 573. The lowest BCUT2D eigenvalue weighted by Gasteiger charge is -2.17. The van der Waals surface area contributed by atoms with Crippen molar-refractivity contribution >= 4 is 0 Å². The van der Waals surface area contributed by atoms with E-state index >= 15 is 0 Å². The number of hydrogen-bond acceptors (Lipinski definition) is 3. The summed E-state index contributed by atoms with van der Waals surface area (Å²) in [4.78, 5) is 3.91. The lowest BCUT2D eigenvalue weighted by atomic mass is 9.99. The highest BCUT2D eigenvalue weighted by Crippen LogP contribution is 2.30. The van der Waals surface area contributed by atoms with Gasteiger partial charge in [0.1, 0.15) is 5.75 Å². The first-order chi connectivity index (χ1) is 9.96. The number of benzene rings is 1. The first-order valence-electron chi connectivity index (χ1n) is 6.45. The third-order valence-corrected chi connectivity index (χ3v) is 3.04. The van der Waals surface area contributed by atoms with Crippen LogP contribution in [0.15, 0.2) is 48.8 Å². The predicted octanol–water partition coefficient (Wildman–Crippen LogP) is 3.61. The van der Waals surface area contributed by atoms with E-state index < -0.39 is 12.4 Å². The summed E-state index contributed by atoms with van der Waals surface area (Å²) in [6, 6.07) is 9.13. The molecule has 1 atom stereocenters. The topological polar surface area (TPSA) is 48.1 Å². The van der Waals surface area contributed by atoms with Crippen LogP contribution < -0.4 is 10.5 Å². The van der Waals surface area contributed by atoms with Crippen molar-refractivity contribution < 1.29 is 17.9 Å². The number of aromatic nitrogens is 1. The summed E-state index contributed by atoms with van der Waals surface area (Å²) >= 11 is 0. The average molecular weight is 296 g/mol. The van der Waals surface area contributed by atoms with E-state index in [1.54, 1.807) is 24.5 Å². The van der Waals surface area contributed by atoms with Crippen molar-refractivity contribution in [3.05, 3.63) is 59.9 Å².